The molecule has 0 saturated carbocycles. The minimum Gasteiger partial charge on any atom is -0.353 e. The lowest BCUT2D eigenvalue weighted by Gasteiger charge is -2.03. The standard InChI is InChI=1S/C25H20N8O/c34-16-20-23(18-9-5-2-6-10-18)30-25-32(20)14-11-21-29-22(17-7-3-1-4-8-17)19(33(21)25)15-28-31-24-26-12-13-27-24/h1-11,14-16H,12-13H2,(H2,26,27,31)/b28-15+. The minimum atomic E-state index is 0.476. The van der Waals surface area contributed by atoms with Gasteiger partial charge in [-0.05, 0) is 6.07 Å². The molecule has 1 aliphatic rings. The summed E-state index contributed by atoms with van der Waals surface area (Å²) < 4.78 is 3.70. The van der Waals surface area contributed by atoms with Crippen LogP contribution in [0.15, 0.2) is 83.0 Å². The lowest BCUT2D eigenvalue weighted by atomic mass is 10.1. The van der Waals surface area contributed by atoms with Crippen LogP contribution in [-0.4, -0.2) is 50.3 Å². The Morgan fingerprint density at radius 3 is 2.26 bits per heavy atom. The van der Waals surface area contributed by atoms with Gasteiger partial charge in [-0.15, -0.1) is 0 Å². The first kappa shape index (κ1) is 19.9. The van der Waals surface area contributed by atoms with Crippen molar-refractivity contribution in [1.82, 2.24) is 29.5 Å². The topological polar surface area (TPSA) is 100 Å². The molecule has 1 aliphatic heterocycles. The molecule has 4 heterocycles. The second-order valence-corrected chi connectivity index (χ2v) is 7.75. The molecule has 2 aromatic carbocycles. The van der Waals surface area contributed by atoms with E-state index in [1.54, 1.807) is 10.6 Å². The van der Waals surface area contributed by atoms with Crippen molar-refractivity contribution in [2.24, 2.45) is 10.1 Å². The van der Waals surface area contributed by atoms with Crippen LogP contribution >= 0.6 is 0 Å². The van der Waals surface area contributed by atoms with Crippen molar-refractivity contribution in [3.8, 4) is 22.5 Å². The van der Waals surface area contributed by atoms with E-state index in [0.29, 0.717) is 35.3 Å². The average molecular weight is 448 g/mol. The maximum Gasteiger partial charge on any atom is 0.221 e. The van der Waals surface area contributed by atoms with Gasteiger partial charge < -0.3 is 5.32 Å². The lowest BCUT2D eigenvalue weighted by molar-refractivity contribution is 0.111. The molecule has 9 heteroatoms. The molecule has 2 N–H and O–H groups in total. The molecule has 0 radical (unpaired) electrons. The van der Waals surface area contributed by atoms with Crippen molar-refractivity contribution in [3.63, 3.8) is 0 Å². The van der Waals surface area contributed by atoms with E-state index in [2.05, 4.69) is 20.8 Å². The molecule has 5 aromatic rings. The number of fused-ring (bicyclic) bond motifs is 3. The van der Waals surface area contributed by atoms with Crippen molar-refractivity contribution >= 4 is 29.9 Å². The Morgan fingerprint density at radius 2 is 1.62 bits per heavy atom. The molecule has 3 aromatic heterocycles. The Bertz CT molecular complexity index is 1560. The van der Waals surface area contributed by atoms with Crippen molar-refractivity contribution in [3.05, 3.63) is 84.3 Å². The number of aldehydes is 1. The number of hydrogen-bond donors (Lipinski definition) is 2. The van der Waals surface area contributed by atoms with Crippen molar-refractivity contribution in [1.29, 1.82) is 0 Å². The third-order valence-electron chi connectivity index (χ3n) is 5.68. The monoisotopic (exact) mass is 448 g/mol. The van der Waals surface area contributed by atoms with Gasteiger partial charge >= 0.3 is 0 Å². The highest BCUT2D eigenvalue weighted by atomic mass is 16.1. The molecule has 0 saturated heterocycles. The lowest BCUT2D eigenvalue weighted by Crippen LogP contribution is -2.30. The highest BCUT2D eigenvalue weighted by Gasteiger charge is 2.20. The fraction of sp³-hybridized carbons (Fsp3) is 0.0800. The molecule has 0 amide bonds. The molecule has 0 unspecified atom stereocenters. The predicted molar refractivity (Wildman–Crippen MR) is 131 cm³/mol. The highest BCUT2D eigenvalue weighted by molar-refractivity contribution is 5.92. The number of aliphatic imine (C=N–C) groups is 1. The molecule has 166 valence electrons. The van der Waals surface area contributed by atoms with Gasteiger partial charge in [-0.1, -0.05) is 60.7 Å². The molecule has 0 fully saturated rings. The second kappa shape index (κ2) is 8.28. The summed E-state index contributed by atoms with van der Waals surface area (Å²) in [6.45, 7) is 1.50. The minimum absolute atomic E-state index is 0.476. The van der Waals surface area contributed by atoms with Crippen LogP contribution in [0.1, 0.15) is 16.2 Å². The number of guanidine groups is 1. The molecule has 6 rings (SSSR count). The fourth-order valence-electron chi connectivity index (χ4n) is 4.13. The Kier molecular flexibility index (Phi) is 4.84. The number of benzene rings is 2. The van der Waals surface area contributed by atoms with Crippen LogP contribution in [0.5, 0.6) is 0 Å². The van der Waals surface area contributed by atoms with Crippen LogP contribution in [-0.2, 0) is 0 Å². The number of imidazole rings is 2. The Hall–Kier alpha value is -4.79. The van der Waals surface area contributed by atoms with Crippen LogP contribution in [0.25, 0.3) is 33.9 Å². The number of carbonyl (C=O) groups excluding carboxylic acids is 1. The third kappa shape index (κ3) is 3.30. The van der Waals surface area contributed by atoms with E-state index in [4.69, 9.17) is 9.97 Å². The van der Waals surface area contributed by atoms with E-state index >= 15 is 0 Å². The summed E-state index contributed by atoms with van der Waals surface area (Å²) in [6.07, 6.45) is 4.37. The van der Waals surface area contributed by atoms with E-state index in [9.17, 15) is 4.79 Å². The summed E-state index contributed by atoms with van der Waals surface area (Å²) in [5, 5.41) is 7.54. The molecule has 0 spiro atoms. The van der Waals surface area contributed by atoms with E-state index in [1.165, 1.54) is 0 Å². The summed E-state index contributed by atoms with van der Waals surface area (Å²) in [5.41, 5.74) is 8.06. The smallest absolute Gasteiger partial charge is 0.221 e. The molecule has 0 aliphatic carbocycles. The maximum absolute atomic E-state index is 12.1. The molecule has 9 nitrogen and oxygen atoms in total. The van der Waals surface area contributed by atoms with Crippen LogP contribution in [0.3, 0.4) is 0 Å². The van der Waals surface area contributed by atoms with E-state index in [1.807, 2.05) is 77.3 Å². The quantitative estimate of drug-likeness (QED) is 0.245. The van der Waals surface area contributed by atoms with Gasteiger partial charge in [0.15, 0.2) is 6.29 Å². The SMILES string of the molecule is O=Cc1c(-c2ccccc2)nc2n1ccc1nc(-c3ccccc3)c(/C=N/NC3=NCCN3)n12. The number of nitrogens with one attached hydrogen (secondary N) is 2. The Labute approximate surface area is 194 Å². The van der Waals surface area contributed by atoms with Gasteiger partial charge in [0.25, 0.3) is 0 Å². The van der Waals surface area contributed by atoms with Crippen molar-refractivity contribution in [2.45, 2.75) is 0 Å². The van der Waals surface area contributed by atoms with Gasteiger partial charge in [-0.25, -0.2) is 20.4 Å². The van der Waals surface area contributed by atoms with Gasteiger partial charge in [0.1, 0.15) is 17.0 Å². The third-order valence-corrected chi connectivity index (χ3v) is 5.68. The van der Waals surface area contributed by atoms with Gasteiger partial charge in [-0.2, -0.15) is 5.10 Å². The fourth-order valence-corrected chi connectivity index (χ4v) is 4.13. The normalized spacial score (nSPS) is 13.5. The van der Waals surface area contributed by atoms with Gasteiger partial charge in [0.05, 0.1) is 24.1 Å². The molecule has 0 atom stereocenters. The summed E-state index contributed by atoms with van der Waals surface area (Å²) >= 11 is 0. The van der Waals surface area contributed by atoms with Crippen LogP contribution in [0.2, 0.25) is 0 Å². The number of nitrogens with zero attached hydrogens (tertiary/aromatic N) is 6. The van der Waals surface area contributed by atoms with E-state index in [0.717, 1.165) is 35.3 Å². The van der Waals surface area contributed by atoms with Gasteiger partial charge in [0.2, 0.25) is 11.7 Å². The second-order valence-electron chi connectivity index (χ2n) is 7.75. The summed E-state index contributed by atoms with van der Waals surface area (Å²) in [6, 6.07) is 21.5. The predicted octanol–water partition coefficient (Wildman–Crippen LogP) is 3.01. The van der Waals surface area contributed by atoms with Crippen molar-refractivity contribution < 1.29 is 4.79 Å². The zero-order chi connectivity index (χ0) is 22.9. The van der Waals surface area contributed by atoms with E-state index in [-0.39, 0.29) is 0 Å². The van der Waals surface area contributed by atoms with E-state index < -0.39 is 0 Å². The van der Waals surface area contributed by atoms with Gasteiger partial charge in [-0.3, -0.25) is 13.6 Å². The highest BCUT2D eigenvalue weighted by Crippen LogP contribution is 2.28. The largest absolute Gasteiger partial charge is 0.353 e. The first-order chi connectivity index (χ1) is 16.8. The zero-order valence-electron chi connectivity index (χ0n) is 18.1. The maximum atomic E-state index is 12.1. The Balaban J connectivity index is 1.60. The molecule has 0 bridgehead atoms. The van der Waals surface area contributed by atoms with Crippen LogP contribution < -0.4 is 10.7 Å². The summed E-state index contributed by atoms with van der Waals surface area (Å²) in [7, 11) is 0. The Morgan fingerprint density at radius 1 is 0.912 bits per heavy atom. The molecular formula is C25H20N8O. The number of rotatable bonds is 5. The first-order valence-corrected chi connectivity index (χ1v) is 10.9. The molecule has 34 heavy (non-hydrogen) atoms. The number of aromatic nitrogens is 4. The number of hydrazone groups is 1. The zero-order valence-corrected chi connectivity index (χ0v) is 18.1. The summed E-state index contributed by atoms with van der Waals surface area (Å²) in [4.78, 5) is 26.2. The van der Waals surface area contributed by atoms with Crippen molar-refractivity contribution in [2.75, 3.05) is 13.1 Å². The molecular weight excluding hydrogens is 428 g/mol. The first-order valence-electron chi connectivity index (χ1n) is 10.9. The number of carbonyl (C=O) groups is 1. The summed E-state index contributed by atoms with van der Waals surface area (Å²) in [5.74, 6) is 1.21. The van der Waals surface area contributed by atoms with Crippen LogP contribution in [0.4, 0.5) is 0 Å². The van der Waals surface area contributed by atoms with Gasteiger partial charge in [0, 0.05) is 23.9 Å². The van der Waals surface area contributed by atoms with Crippen LogP contribution in [0, 0.1) is 0 Å². The average Bonchev–Trinajstić information content (AvgIpc) is 3.62. The number of hydrogen-bond acceptors (Lipinski definition) is 7.